The second kappa shape index (κ2) is 3.03. The molecule has 0 saturated heterocycles. The van der Waals surface area contributed by atoms with Crippen LogP contribution in [0, 0.1) is 0 Å². The lowest BCUT2D eigenvalue weighted by Gasteiger charge is -2.23. The van der Waals surface area contributed by atoms with Crippen molar-refractivity contribution in [3.63, 3.8) is 0 Å². The van der Waals surface area contributed by atoms with Crippen LogP contribution in [-0.2, 0) is 0 Å². The molecule has 1 aromatic heterocycles. The lowest BCUT2D eigenvalue weighted by Crippen LogP contribution is -2.08. The van der Waals surface area contributed by atoms with Gasteiger partial charge in [0.1, 0.15) is 0 Å². The van der Waals surface area contributed by atoms with Crippen molar-refractivity contribution in [1.29, 1.82) is 0 Å². The van der Waals surface area contributed by atoms with Crippen molar-refractivity contribution < 1.29 is 0 Å². The first-order valence-electron chi connectivity index (χ1n) is 5.12. The van der Waals surface area contributed by atoms with E-state index >= 15 is 0 Å². The first-order valence-corrected chi connectivity index (χ1v) is 5.49. The second-order valence-electron chi connectivity index (χ2n) is 4.05. The van der Waals surface area contributed by atoms with E-state index in [2.05, 4.69) is 17.1 Å². The van der Waals surface area contributed by atoms with Gasteiger partial charge in [-0.2, -0.15) is 0 Å². The van der Waals surface area contributed by atoms with E-state index in [1.807, 2.05) is 12.1 Å². The first kappa shape index (κ1) is 8.37. The number of H-pyrrole nitrogens is 1. The third kappa shape index (κ3) is 1.16. The van der Waals surface area contributed by atoms with E-state index in [4.69, 9.17) is 11.6 Å². The van der Waals surface area contributed by atoms with Crippen LogP contribution in [0.5, 0.6) is 0 Å². The summed E-state index contributed by atoms with van der Waals surface area (Å²) in [5.41, 5.74) is 2.53. The molecule has 1 saturated carbocycles. The number of hydrogen-bond acceptors (Lipinski definition) is 0. The van der Waals surface area contributed by atoms with Gasteiger partial charge in [0.05, 0.1) is 0 Å². The van der Waals surface area contributed by atoms with Crippen LogP contribution < -0.4 is 0 Å². The quantitative estimate of drug-likeness (QED) is 0.722. The molecule has 0 unspecified atom stereocenters. The average molecular weight is 206 g/mol. The standard InChI is InChI=1S/C12H12ClN/c13-10-5-2-6-11-9(10)7-12(14-11)8-3-1-4-8/h2,5-8,14H,1,3-4H2. The van der Waals surface area contributed by atoms with Gasteiger partial charge in [-0.15, -0.1) is 0 Å². The maximum atomic E-state index is 6.12. The Labute approximate surface area is 88.1 Å². The Morgan fingerprint density at radius 1 is 1.29 bits per heavy atom. The van der Waals surface area contributed by atoms with E-state index in [1.54, 1.807) is 0 Å². The molecule has 1 N–H and O–H groups in total. The van der Waals surface area contributed by atoms with Crippen LogP contribution in [0.15, 0.2) is 24.3 Å². The van der Waals surface area contributed by atoms with Gasteiger partial charge in [-0.3, -0.25) is 0 Å². The highest BCUT2D eigenvalue weighted by molar-refractivity contribution is 6.35. The number of halogens is 1. The third-order valence-corrected chi connectivity index (χ3v) is 3.51. The van der Waals surface area contributed by atoms with Crippen molar-refractivity contribution in [2.75, 3.05) is 0 Å². The lowest BCUT2D eigenvalue weighted by atomic mass is 9.83. The summed E-state index contributed by atoms with van der Waals surface area (Å²) in [4.78, 5) is 3.45. The normalized spacial score (nSPS) is 17.2. The topological polar surface area (TPSA) is 15.8 Å². The van der Waals surface area contributed by atoms with Gasteiger partial charge < -0.3 is 4.98 Å². The Kier molecular flexibility index (Phi) is 1.81. The number of fused-ring (bicyclic) bond motifs is 1. The van der Waals surface area contributed by atoms with Gasteiger partial charge >= 0.3 is 0 Å². The molecule has 1 heterocycles. The van der Waals surface area contributed by atoms with Crippen LogP contribution in [-0.4, -0.2) is 4.98 Å². The summed E-state index contributed by atoms with van der Waals surface area (Å²) in [5, 5.41) is 2.01. The zero-order valence-corrected chi connectivity index (χ0v) is 8.64. The number of benzene rings is 1. The Balaban J connectivity index is 2.15. The molecule has 1 nitrogen and oxygen atoms in total. The molecule has 72 valence electrons. The van der Waals surface area contributed by atoms with Crippen LogP contribution >= 0.6 is 11.6 Å². The molecule has 3 rings (SSSR count). The average Bonchev–Trinajstić information content (AvgIpc) is 2.46. The Bertz CT molecular complexity index is 468. The molecule has 0 atom stereocenters. The number of nitrogens with one attached hydrogen (secondary N) is 1. The van der Waals surface area contributed by atoms with Crippen LogP contribution in [0.2, 0.25) is 5.02 Å². The van der Waals surface area contributed by atoms with Gasteiger partial charge in [0.15, 0.2) is 0 Å². The fourth-order valence-electron chi connectivity index (χ4n) is 2.08. The van der Waals surface area contributed by atoms with Gasteiger partial charge in [0.25, 0.3) is 0 Å². The summed E-state index contributed by atoms with van der Waals surface area (Å²) in [5.74, 6) is 0.749. The molecule has 0 aliphatic heterocycles. The maximum Gasteiger partial charge on any atom is 0.0499 e. The highest BCUT2D eigenvalue weighted by Gasteiger charge is 2.21. The molecular formula is C12H12ClN. The van der Waals surface area contributed by atoms with Crippen molar-refractivity contribution in [3.8, 4) is 0 Å². The monoisotopic (exact) mass is 205 g/mol. The zero-order valence-electron chi connectivity index (χ0n) is 7.89. The van der Waals surface area contributed by atoms with E-state index in [0.29, 0.717) is 0 Å². The summed E-state index contributed by atoms with van der Waals surface area (Å²) in [7, 11) is 0. The summed E-state index contributed by atoms with van der Waals surface area (Å²) in [6, 6.07) is 8.23. The maximum absolute atomic E-state index is 6.12. The minimum absolute atomic E-state index is 0.749. The van der Waals surface area contributed by atoms with Gasteiger partial charge in [0.2, 0.25) is 0 Å². The summed E-state index contributed by atoms with van der Waals surface area (Å²) >= 11 is 6.12. The summed E-state index contributed by atoms with van der Waals surface area (Å²) in [6.45, 7) is 0. The molecule has 0 amide bonds. The van der Waals surface area contributed by atoms with Crippen molar-refractivity contribution in [3.05, 3.63) is 35.0 Å². The summed E-state index contributed by atoms with van der Waals surface area (Å²) in [6.07, 6.45) is 4.02. The Morgan fingerprint density at radius 3 is 2.79 bits per heavy atom. The smallest absolute Gasteiger partial charge is 0.0499 e. The molecular weight excluding hydrogens is 194 g/mol. The number of rotatable bonds is 1. The highest BCUT2D eigenvalue weighted by atomic mass is 35.5. The van der Waals surface area contributed by atoms with Crippen molar-refractivity contribution in [1.82, 2.24) is 4.98 Å². The molecule has 1 fully saturated rings. The number of aromatic amines is 1. The van der Waals surface area contributed by atoms with Crippen molar-refractivity contribution in [2.45, 2.75) is 25.2 Å². The lowest BCUT2D eigenvalue weighted by molar-refractivity contribution is 0.413. The van der Waals surface area contributed by atoms with E-state index in [-0.39, 0.29) is 0 Å². The molecule has 0 bridgehead atoms. The highest BCUT2D eigenvalue weighted by Crippen LogP contribution is 2.38. The van der Waals surface area contributed by atoms with Gasteiger partial charge in [-0.25, -0.2) is 0 Å². The van der Waals surface area contributed by atoms with Crippen molar-refractivity contribution in [2.24, 2.45) is 0 Å². The minimum Gasteiger partial charge on any atom is -0.358 e. The largest absolute Gasteiger partial charge is 0.358 e. The van der Waals surface area contributed by atoms with Crippen LogP contribution in [0.1, 0.15) is 30.9 Å². The fraction of sp³-hybridized carbons (Fsp3) is 0.333. The SMILES string of the molecule is Clc1cccc2[nH]c(C3CCC3)cc12. The van der Waals surface area contributed by atoms with E-state index < -0.39 is 0 Å². The molecule has 2 aromatic rings. The van der Waals surface area contributed by atoms with E-state index in [0.717, 1.165) is 16.3 Å². The predicted octanol–water partition coefficient (Wildman–Crippen LogP) is 4.09. The molecule has 1 aliphatic carbocycles. The predicted molar refractivity (Wildman–Crippen MR) is 59.9 cm³/mol. The molecule has 2 heteroatoms. The van der Waals surface area contributed by atoms with Gasteiger partial charge in [-0.05, 0) is 37.0 Å². The van der Waals surface area contributed by atoms with Crippen LogP contribution in [0.3, 0.4) is 0 Å². The number of aromatic nitrogens is 1. The molecule has 14 heavy (non-hydrogen) atoms. The fourth-order valence-corrected chi connectivity index (χ4v) is 2.31. The first-order chi connectivity index (χ1) is 6.84. The second-order valence-corrected chi connectivity index (χ2v) is 4.46. The van der Waals surface area contributed by atoms with Crippen molar-refractivity contribution >= 4 is 22.5 Å². The Morgan fingerprint density at radius 2 is 2.14 bits per heavy atom. The van der Waals surface area contributed by atoms with E-state index in [9.17, 15) is 0 Å². The van der Waals surface area contributed by atoms with Crippen LogP contribution in [0.25, 0.3) is 10.9 Å². The van der Waals surface area contributed by atoms with Gasteiger partial charge in [-0.1, -0.05) is 24.1 Å². The van der Waals surface area contributed by atoms with E-state index in [1.165, 1.54) is 30.5 Å². The number of hydrogen-bond donors (Lipinski definition) is 1. The Hall–Kier alpha value is -0.950. The molecule has 1 aliphatic rings. The van der Waals surface area contributed by atoms with Crippen LogP contribution in [0.4, 0.5) is 0 Å². The van der Waals surface area contributed by atoms with Gasteiger partial charge in [0, 0.05) is 21.6 Å². The zero-order chi connectivity index (χ0) is 9.54. The summed E-state index contributed by atoms with van der Waals surface area (Å²) < 4.78 is 0. The molecule has 0 spiro atoms. The third-order valence-electron chi connectivity index (χ3n) is 3.18. The molecule has 0 radical (unpaired) electrons. The minimum atomic E-state index is 0.749. The molecule has 1 aromatic carbocycles.